The molecule has 0 unspecified atom stereocenters. The zero-order chi connectivity index (χ0) is 17.4. The second-order valence-electron chi connectivity index (χ2n) is 8.41. The Bertz CT molecular complexity index is 626. The van der Waals surface area contributed by atoms with Gasteiger partial charge in [-0.05, 0) is 79.9 Å². The summed E-state index contributed by atoms with van der Waals surface area (Å²) in [4.78, 5) is 12.7. The fourth-order valence-electron chi connectivity index (χ4n) is 5.87. The fraction of sp³-hybridized carbons (Fsp3) is 0.650. The van der Waals surface area contributed by atoms with E-state index in [0.717, 1.165) is 30.0 Å². The van der Waals surface area contributed by atoms with Gasteiger partial charge >= 0.3 is 0 Å². The van der Waals surface area contributed by atoms with Crippen LogP contribution in [-0.2, 0) is 0 Å². The number of anilines is 1. The molecule has 4 aliphatic carbocycles. The van der Waals surface area contributed by atoms with Crippen molar-refractivity contribution < 1.29 is 4.79 Å². The lowest BCUT2D eigenvalue weighted by Gasteiger charge is -2.56. The van der Waals surface area contributed by atoms with E-state index in [0.29, 0.717) is 28.4 Å². The minimum atomic E-state index is -0.0599. The molecule has 4 saturated carbocycles. The van der Waals surface area contributed by atoms with Crippen molar-refractivity contribution in [3.05, 3.63) is 28.8 Å². The molecule has 0 aromatic heterocycles. The molecule has 1 aromatic carbocycles. The van der Waals surface area contributed by atoms with Crippen LogP contribution in [0, 0.1) is 23.2 Å². The van der Waals surface area contributed by atoms with Crippen molar-refractivity contribution in [1.29, 1.82) is 0 Å². The lowest BCUT2D eigenvalue weighted by Crippen LogP contribution is -2.51. The van der Waals surface area contributed by atoms with Crippen LogP contribution in [-0.4, -0.2) is 24.9 Å². The van der Waals surface area contributed by atoms with E-state index in [1.165, 1.54) is 38.5 Å². The van der Waals surface area contributed by atoms with Gasteiger partial charge in [0, 0.05) is 24.7 Å². The van der Waals surface area contributed by atoms with Gasteiger partial charge in [-0.15, -0.1) is 11.6 Å². The van der Waals surface area contributed by atoms with Crippen LogP contribution in [0.1, 0.15) is 48.9 Å². The quantitative estimate of drug-likeness (QED) is 0.686. The maximum absolute atomic E-state index is 12.7. The van der Waals surface area contributed by atoms with Crippen molar-refractivity contribution in [3.8, 4) is 0 Å². The molecule has 0 atom stereocenters. The first-order chi connectivity index (χ1) is 12.1. The largest absolute Gasteiger partial charge is 0.384 e. The molecule has 5 rings (SSSR count). The molecule has 3 nitrogen and oxygen atoms in total. The molecule has 0 heterocycles. The third-order valence-electron chi connectivity index (χ3n) is 6.42. The molecule has 5 heteroatoms. The molecule has 4 bridgehead atoms. The van der Waals surface area contributed by atoms with E-state index in [1.54, 1.807) is 6.07 Å². The number of amides is 1. The van der Waals surface area contributed by atoms with E-state index in [9.17, 15) is 4.79 Å². The Morgan fingerprint density at radius 1 is 1.12 bits per heavy atom. The van der Waals surface area contributed by atoms with Gasteiger partial charge in [0.05, 0.1) is 10.6 Å². The predicted molar refractivity (Wildman–Crippen MR) is 104 cm³/mol. The fourth-order valence-corrected chi connectivity index (χ4v) is 6.17. The summed E-state index contributed by atoms with van der Waals surface area (Å²) in [5.41, 5.74) is 1.77. The van der Waals surface area contributed by atoms with Gasteiger partial charge in [0.25, 0.3) is 5.91 Å². The van der Waals surface area contributed by atoms with Crippen LogP contribution in [0.15, 0.2) is 18.2 Å². The Labute approximate surface area is 159 Å². The Morgan fingerprint density at radius 2 is 1.76 bits per heavy atom. The maximum Gasteiger partial charge on any atom is 0.252 e. The molecule has 2 N–H and O–H groups in total. The van der Waals surface area contributed by atoms with E-state index in [1.807, 2.05) is 12.1 Å². The molecule has 1 aromatic rings. The highest BCUT2D eigenvalue weighted by Crippen LogP contribution is 2.59. The number of rotatable bonds is 6. The van der Waals surface area contributed by atoms with Gasteiger partial charge in [0.1, 0.15) is 0 Å². The highest BCUT2D eigenvalue weighted by Gasteiger charge is 2.50. The number of alkyl halides is 1. The smallest absolute Gasteiger partial charge is 0.252 e. The normalized spacial score (nSPS) is 32.6. The van der Waals surface area contributed by atoms with Crippen LogP contribution in [0.2, 0.25) is 5.02 Å². The summed E-state index contributed by atoms with van der Waals surface area (Å²) in [6, 6.07) is 5.48. The highest BCUT2D eigenvalue weighted by molar-refractivity contribution is 6.34. The topological polar surface area (TPSA) is 41.1 Å². The summed E-state index contributed by atoms with van der Waals surface area (Å²) in [5.74, 6) is 3.16. The number of carbonyl (C=O) groups is 1. The summed E-state index contributed by atoms with van der Waals surface area (Å²) >= 11 is 12.0. The van der Waals surface area contributed by atoms with Gasteiger partial charge in [-0.1, -0.05) is 11.6 Å². The first-order valence-corrected chi connectivity index (χ1v) is 10.4. The first kappa shape index (κ1) is 17.5. The van der Waals surface area contributed by atoms with Crippen LogP contribution >= 0.6 is 23.2 Å². The number of halogens is 2. The summed E-state index contributed by atoms with van der Waals surface area (Å²) in [7, 11) is 0. The van der Waals surface area contributed by atoms with E-state index in [2.05, 4.69) is 10.6 Å². The van der Waals surface area contributed by atoms with Crippen molar-refractivity contribution in [2.24, 2.45) is 23.2 Å². The number of hydrogen-bond donors (Lipinski definition) is 2. The molecule has 0 aliphatic heterocycles. The molecular weight excluding hydrogens is 355 g/mol. The zero-order valence-electron chi connectivity index (χ0n) is 14.5. The third-order valence-corrected chi connectivity index (χ3v) is 6.94. The number of benzene rings is 1. The van der Waals surface area contributed by atoms with Gasteiger partial charge < -0.3 is 10.6 Å². The number of carbonyl (C=O) groups excluding carboxylic acids is 1. The van der Waals surface area contributed by atoms with E-state index >= 15 is 0 Å². The van der Waals surface area contributed by atoms with E-state index in [4.69, 9.17) is 23.2 Å². The molecule has 0 saturated heterocycles. The van der Waals surface area contributed by atoms with Gasteiger partial charge in [0.15, 0.2) is 0 Å². The van der Waals surface area contributed by atoms with Gasteiger partial charge in [-0.3, -0.25) is 4.79 Å². The summed E-state index contributed by atoms with van der Waals surface area (Å²) < 4.78 is 0. The second kappa shape index (κ2) is 7.00. The van der Waals surface area contributed by atoms with Crippen molar-refractivity contribution in [3.63, 3.8) is 0 Å². The van der Waals surface area contributed by atoms with Crippen LogP contribution in [0.4, 0.5) is 5.69 Å². The number of hydrogen-bond acceptors (Lipinski definition) is 2. The lowest BCUT2D eigenvalue weighted by molar-refractivity contribution is -0.0503. The Hall–Kier alpha value is -0.930. The molecule has 0 spiro atoms. The molecule has 0 radical (unpaired) electrons. The van der Waals surface area contributed by atoms with Crippen molar-refractivity contribution in [1.82, 2.24) is 5.32 Å². The monoisotopic (exact) mass is 380 g/mol. The van der Waals surface area contributed by atoms with Crippen molar-refractivity contribution in [2.75, 3.05) is 24.3 Å². The van der Waals surface area contributed by atoms with Gasteiger partial charge in [0.2, 0.25) is 0 Å². The molecular formula is C20H26Cl2N2O. The second-order valence-corrected chi connectivity index (χ2v) is 9.20. The molecule has 4 aliphatic rings. The van der Waals surface area contributed by atoms with Crippen molar-refractivity contribution >= 4 is 34.8 Å². The van der Waals surface area contributed by atoms with E-state index in [-0.39, 0.29) is 5.91 Å². The van der Waals surface area contributed by atoms with Crippen LogP contribution < -0.4 is 10.6 Å². The van der Waals surface area contributed by atoms with Crippen LogP contribution in [0.5, 0.6) is 0 Å². The summed E-state index contributed by atoms with van der Waals surface area (Å²) in [6.45, 7) is 1.46. The van der Waals surface area contributed by atoms with Crippen LogP contribution in [0.3, 0.4) is 0 Å². The lowest BCUT2D eigenvalue weighted by atomic mass is 9.49. The minimum Gasteiger partial charge on any atom is -0.384 e. The first-order valence-electron chi connectivity index (χ1n) is 9.44. The van der Waals surface area contributed by atoms with E-state index < -0.39 is 0 Å². The Morgan fingerprint density at radius 3 is 2.36 bits per heavy atom. The Kier molecular flexibility index (Phi) is 4.89. The summed E-state index contributed by atoms with van der Waals surface area (Å²) in [6.07, 6.45) is 8.16. The average Bonchev–Trinajstić information content (AvgIpc) is 2.58. The van der Waals surface area contributed by atoms with Gasteiger partial charge in [-0.25, -0.2) is 0 Å². The Balaban J connectivity index is 1.42. The molecule has 4 fully saturated rings. The summed E-state index contributed by atoms with van der Waals surface area (Å²) in [5, 5.41) is 6.90. The SMILES string of the molecule is O=C(NCC12CC3CC(CC(C3)C1)C2)c1cc(NCCCl)ccc1Cl. The maximum atomic E-state index is 12.7. The van der Waals surface area contributed by atoms with Crippen molar-refractivity contribution in [2.45, 2.75) is 38.5 Å². The predicted octanol–water partition coefficient (Wildman–Crippen LogP) is 4.94. The highest BCUT2D eigenvalue weighted by atomic mass is 35.5. The van der Waals surface area contributed by atoms with Gasteiger partial charge in [-0.2, -0.15) is 0 Å². The minimum absolute atomic E-state index is 0.0599. The standard InChI is InChI=1S/C20H26Cl2N2O/c21-3-4-23-16-1-2-18(22)17(8-16)19(25)24-12-20-9-13-5-14(10-20)7-15(6-13)11-20/h1-2,8,13-15,23H,3-7,9-12H2,(H,24,25). The third kappa shape index (κ3) is 3.64. The molecule has 25 heavy (non-hydrogen) atoms. The molecule has 136 valence electrons. The zero-order valence-corrected chi connectivity index (χ0v) is 16.0. The number of nitrogens with one attached hydrogen (secondary N) is 2. The molecule has 1 amide bonds. The van der Waals surface area contributed by atoms with Crippen LogP contribution in [0.25, 0.3) is 0 Å². The average molecular weight is 381 g/mol.